The second kappa shape index (κ2) is 6.26. The smallest absolute Gasteiger partial charge is 0.193 e. The molecule has 0 radical (unpaired) electrons. The molecule has 5 aromatic rings. The van der Waals surface area contributed by atoms with Gasteiger partial charge in [-0.2, -0.15) is 0 Å². The zero-order chi connectivity index (χ0) is 18.2. The van der Waals surface area contributed by atoms with Gasteiger partial charge in [-0.15, -0.1) is 0 Å². The highest BCUT2D eigenvalue weighted by Crippen LogP contribution is 2.31. The lowest BCUT2D eigenvalue weighted by Crippen LogP contribution is -2.00. The lowest BCUT2D eigenvalue weighted by atomic mass is 9.97. The van der Waals surface area contributed by atoms with Crippen molar-refractivity contribution in [3.63, 3.8) is 0 Å². The number of hydrogen-bond donors (Lipinski definition) is 0. The van der Waals surface area contributed by atoms with Crippen LogP contribution in [0.2, 0.25) is 0 Å². The first kappa shape index (κ1) is 15.6. The Hall–Kier alpha value is -3.65. The Labute approximate surface area is 156 Å². The molecule has 27 heavy (non-hydrogen) atoms. The second-order valence-electron chi connectivity index (χ2n) is 6.58. The van der Waals surface area contributed by atoms with Crippen LogP contribution < -0.4 is 5.43 Å². The van der Waals surface area contributed by atoms with Crippen molar-refractivity contribution in [3.8, 4) is 22.5 Å². The van der Waals surface area contributed by atoms with E-state index in [0.717, 1.165) is 16.7 Å². The van der Waals surface area contributed by atoms with Gasteiger partial charge in [-0.05, 0) is 34.0 Å². The van der Waals surface area contributed by atoms with Gasteiger partial charge in [-0.25, -0.2) is 0 Å². The SMILES string of the molecule is O=c1cc(-c2ccccc2)oc2ccc(-c3cccc4ccccc34)cc12. The van der Waals surface area contributed by atoms with E-state index in [0.29, 0.717) is 16.7 Å². The average Bonchev–Trinajstić information content (AvgIpc) is 2.74. The van der Waals surface area contributed by atoms with Crippen LogP contribution in [0.5, 0.6) is 0 Å². The normalized spacial score (nSPS) is 11.1. The lowest BCUT2D eigenvalue weighted by molar-refractivity contribution is 0.619. The highest BCUT2D eigenvalue weighted by molar-refractivity contribution is 5.98. The van der Waals surface area contributed by atoms with Crippen molar-refractivity contribution in [2.45, 2.75) is 0 Å². The van der Waals surface area contributed by atoms with Gasteiger partial charge < -0.3 is 4.42 Å². The minimum Gasteiger partial charge on any atom is -0.456 e. The quantitative estimate of drug-likeness (QED) is 0.376. The predicted octanol–water partition coefficient (Wildman–Crippen LogP) is 6.28. The second-order valence-corrected chi connectivity index (χ2v) is 6.58. The standard InChI is InChI=1S/C25H16O2/c26-23-16-25(18-8-2-1-3-9-18)27-24-14-13-19(15-22(23)24)21-12-6-10-17-7-4-5-11-20(17)21/h1-16H. The minimum atomic E-state index is -0.0304. The summed E-state index contributed by atoms with van der Waals surface area (Å²) in [4.78, 5) is 12.8. The molecule has 0 amide bonds. The molecule has 0 spiro atoms. The molecule has 0 unspecified atom stereocenters. The van der Waals surface area contributed by atoms with Gasteiger partial charge in [0.1, 0.15) is 11.3 Å². The Morgan fingerprint density at radius 2 is 1.37 bits per heavy atom. The van der Waals surface area contributed by atoms with Crippen LogP contribution in [0.1, 0.15) is 0 Å². The van der Waals surface area contributed by atoms with Crippen molar-refractivity contribution in [1.29, 1.82) is 0 Å². The fraction of sp³-hybridized carbons (Fsp3) is 0. The van der Waals surface area contributed by atoms with Crippen LogP contribution in [-0.4, -0.2) is 0 Å². The molecule has 1 aromatic heterocycles. The molecule has 0 saturated carbocycles. The number of hydrogen-bond acceptors (Lipinski definition) is 2. The van der Waals surface area contributed by atoms with E-state index >= 15 is 0 Å². The molecule has 2 nitrogen and oxygen atoms in total. The fourth-order valence-corrected chi connectivity index (χ4v) is 3.55. The first-order valence-corrected chi connectivity index (χ1v) is 8.91. The summed E-state index contributed by atoms with van der Waals surface area (Å²) >= 11 is 0. The monoisotopic (exact) mass is 348 g/mol. The molecule has 4 aromatic carbocycles. The average molecular weight is 348 g/mol. The van der Waals surface area contributed by atoms with E-state index in [-0.39, 0.29) is 5.43 Å². The summed E-state index contributed by atoms with van der Waals surface area (Å²) in [5, 5.41) is 2.95. The predicted molar refractivity (Wildman–Crippen MR) is 111 cm³/mol. The fourth-order valence-electron chi connectivity index (χ4n) is 3.55. The molecule has 0 aliphatic carbocycles. The van der Waals surface area contributed by atoms with Gasteiger partial charge in [0.25, 0.3) is 0 Å². The van der Waals surface area contributed by atoms with Gasteiger partial charge in [-0.3, -0.25) is 4.79 Å². The van der Waals surface area contributed by atoms with Crippen molar-refractivity contribution >= 4 is 21.7 Å². The van der Waals surface area contributed by atoms with E-state index in [1.165, 1.54) is 10.8 Å². The molecule has 0 saturated heterocycles. The Morgan fingerprint density at radius 3 is 2.26 bits per heavy atom. The van der Waals surface area contributed by atoms with Gasteiger partial charge >= 0.3 is 0 Å². The zero-order valence-electron chi connectivity index (χ0n) is 14.6. The van der Waals surface area contributed by atoms with E-state index in [4.69, 9.17) is 4.42 Å². The third-order valence-corrected chi connectivity index (χ3v) is 4.89. The molecule has 128 valence electrons. The van der Waals surface area contributed by atoms with Crippen molar-refractivity contribution in [1.82, 2.24) is 0 Å². The van der Waals surface area contributed by atoms with Crippen molar-refractivity contribution in [2.75, 3.05) is 0 Å². The summed E-state index contributed by atoms with van der Waals surface area (Å²) in [7, 11) is 0. The van der Waals surface area contributed by atoms with Crippen LogP contribution in [-0.2, 0) is 0 Å². The van der Waals surface area contributed by atoms with Crippen LogP contribution in [0.3, 0.4) is 0 Å². The van der Waals surface area contributed by atoms with Crippen LogP contribution >= 0.6 is 0 Å². The third kappa shape index (κ3) is 2.72. The molecule has 0 aliphatic rings. The van der Waals surface area contributed by atoms with Crippen LogP contribution in [0, 0.1) is 0 Å². The van der Waals surface area contributed by atoms with E-state index in [9.17, 15) is 4.79 Å². The van der Waals surface area contributed by atoms with Gasteiger partial charge in [0, 0.05) is 11.6 Å². The summed E-state index contributed by atoms with van der Waals surface area (Å²) in [6.45, 7) is 0. The molecule has 1 heterocycles. The van der Waals surface area contributed by atoms with Gasteiger partial charge in [0.2, 0.25) is 0 Å². The van der Waals surface area contributed by atoms with Gasteiger partial charge in [0.15, 0.2) is 5.43 Å². The van der Waals surface area contributed by atoms with Crippen LogP contribution in [0.25, 0.3) is 44.2 Å². The topological polar surface area (TPSA) is 30.2 Å². The number of benzene rings is 4. The molecular formula is C25H16O2. The minimum absolute atomic E-state index is 0.0304. The van der Waals surface area contributed by atoms with Crippen molar-refractivity contribution in [2.24, 2.45) is 0 Å². The van der Waals surface area contributed by atoms with Crippen molar-refractivity contribution < 1.29 is 4.42 Å². The van der Waals surface area contributed by atoms with Gasteiger partial charge in [0.05, 0.1) is 5.39 Å². The third-order valence-electron chi connectivity index (χ3n) is 4.89. The van der Waals surface area contributed by atoms with Crippen LogP contribution in [0.15, 0.2) is 106 Å². The molecule has 0 atom stereocenters. The Morgan fingerprint density at radius 1 is 0.593 bits per heavy atom. The Bertz CT molecular complexity index is 1330. The highest BCUT2D eigenvalue weighted by atomic mass is 16.3. The summed E-state index contributed by atoms with van der Waals surface area (Å²) in [6.07, 6.45) is 0. The summed E-state index contributed by atoms with van der Waals surface area (Å²) in [5.74, 6) is 0.589. The molecule has 0 bridgehead atoms. The molecule has 0 N–H and O–H groups in total. The lowest BCUT2D eigenvalue weighted by Gasteiger charge is -2.08. The molecule has 0 fully saturated rings. The molecule has 5 rings (SSSR count). The molecule has 0 aliphatic heterocycles. The summed E-state index contributed by atoms with van der Waals surface area (Å²) in [6, 6.07) is 31.6. The van der Waals surface area contributed by atoms with Gasteiger partial charge in [-0.1, -0.05) is 78.9 Å². The molecule has 2 heteroatoms. The highest BCUT2D eigenvalue weighted by Gasteiger charge is 2.10. The maximum atomic E-state index is 12.8. The van der Waals surface area contributed by atoms with Crippen molar-refractivity contribution in [3.05, 3.63) is 107 Å². The Kier molecular flexibility index (Phi) is 3.61. The Balaban J connectivity index is 1.70. The first-order chi connectivity index (χ1) is 13.3. The molecular weight excluding hydrogens is 332 g/mol. The summed E-state index contributed by atoms with van der Waals surface area (Å²) < 4.78 is 6.01. The van der Waals surface area contributed by atoms with E-state index in [1.54, 1.807) is 6.07 Å². The zero-order valence-corrected chi connectivity index (χ0v) is 14.6. The maximum absolute atomic E-state index is 12.8. The largest absolute Gasteiger partial charge is 0.456 e. The van der Waals surface area contributed by atoms with E-state index in [2.05, 4.69) is 24.3 Å². The number of rotatable bonds is 2. The van der Waals surface area contributed by atoms with E-state index < -0.39 is 0 Å². The maximum Gasteiger partial charge on any atom is 0.193 e. The number of fused-ring (bicyclic) bond motifs is 2. The summed E-state index contributed by atoms with van der Waals surface area (Å²) in [5.41, 5.74) is 3.60. The first-order valence-electron chi connectivity index (χ1n) is 8.91. The van der Waals surface area contributed by atoms with Crippen LogP contribution in [0.4, 0.5) is 0 Å². The van der Waals surface area contributed by atoms with E-state index in [1.807, 2.05) is 66.7 Å².